The molecule has 0 unspecified atom stereocenters. The minimum Gasteiger partial charge on any atom is -0.438 e. The number of aromatic nitrogens is 1. The Labute approximate surface area is 169 Å². The highest BCUT2D eigenvalue weighted by molar-refractivity contribution is 7.90. The first-order valence-corrected chi connectivity index (χ1v) is 11.2. The van der Waals surface area contributed by atoms with Crippen LogP contribution in [0.5, 0.6) is 5.75 Å². The summed E-state index contributed by atoms with van der Waals surface area (Å²) in [6.07, 6.45) is 4.27. The molecule has 3 heterocycles. The van der Waals surface area contributed by atoms with Crippen LogP contribution in [0.25, 0.3) is 0 Å². The molecule has 29 heavy (non-hydrogen) atoms. The van der Waals surface area contributed by atoms with E-state index in [4.69, 9.17) is 9.57 Å². The van der Waals surface area contributed by atoms with Crippen LogP contribution in [0, 0.1) is 0 Å². The Morgan fingerprint density at radius 1 is 1.14 bits per heavy atom. The molecule has 1 saturated heterocycles. The lowest BCUT2D eigenvalue weighted by Gasteiger charge is -2.37. The number of carbonyl (C=O) groups is 1. The minimum absolute atomic E-state index is 0.0126. The van der Waals surface area contributed by atoms with E-state index in [1.54, 1.807) is 0 Å². The highest BCUT2D eigenvalue weighted by Gasteiger charge is 2.44. The topological polar surface area (TPSA) is 98.2 Å². The number of hydrogen-bond acceptors (Lipinski definition) is 7. The summed E-state index contributed by atoms with van der Waals surface area (Å²) in [7, 11) is -3.36. The number of piperidine rings is 1. The van der Waals surface area contributed by atoms with Gasteiger partial charge in [0, 0.05) is 37.8 Å². The molecule has 0 radical (unpaired) electrons. The van der Waals surface area contributed by atoms with Crippen LogP contribution in [0.3, 0.4) is 0 Å². The number of hydrogen-bond donors (Lipinski definition) is 0. The fourth-order valence-corrected chi connectivity index (χ4v) is 4.03. The average Bonchev–Trinajstić information content (AvgIpc) is 3.10. The maximum Gasteiger partial charge on any atom is 0.253 e. The third-order valence-electron chi connectivity index (χ3n) is 5.12. The number of carbonyl (C=O) groups excluding carboxylic acids is 1. The van der Waals surface area contributed by atoms with Gasteiger partial charge in [0.25, 0.3) is 5.91 Å². The predicted molar refractivity (Wildman–Crippen MR) is 105 cm³/mol. The summed E-state index contributed by atoms with van der Waals surface area (Å²) in [4.78, 5) is 24.0. The van der Waals surface area contributed by atoms with Gasteiger partial charge in [-0.25, -0.2) is 13.4 Å². The molecule has 8 nitrogen and oxygen atoms in total. The summed E-state index contributed by atoms with van der Waals surface area (Å²) in [6, 6.07) is 12.2. The molecular weight excluding hydrogens is 394 g/mol. The van der Waals surface area contributed by atoms with E-state index in [-0.39, 0.29) is 10.9 Å². The maximum atomic E-state index is 12.6. The lowest BCUT2D eigenvalue weighted by Crippen LogP contribution is -2.47. The fourth-order valence-electron chi connectivity index (χ4n) is 3.47. The average molecular weight is 415 g/mol. The molecule has 0 atom stereocenters. The highest BCUT2D eigenvalue weighted by atomic mass is 32.2. The second-order valence-corrected chi connectivity index (χ2v) is 9.26. The van der Waals surface area contributed by atoms with Crippen molar-refractivity contribution in [3.05, 3.63) is 54.2 Å². The van der Waals surface area contributed by atoms with Crippen LogP contribution < -0.4 is 4.74 Å². The van der Waals surface area contributed by atoms with Crippen LogP contribution in [0.15, 0.2) is 58.8 Å². The molecule has 1 spiro atoms. The highest BCUT2D eigenvalue weighted by Crippen LogP contribution is 2.35. The first kappa shape index (κ1) is 19.4. The second kappa shape index (κ2) is 7.47. The number of ether oxygens (including phenoxy) is 1. The van der Waals surface area contributed by atoms with Gasteiger partial charge in [0.1, 0.15) is 11.4 Å². The Hall–Kier alpha value is -2.94. The van der Waals surface area contributed by atoms with Crippen molar-refractivity contribution in [2.24, 2.45) is 5.16 Å². The predicted octanol–water partition coefficient (Wildman–Crippen LogP) is 2.27. The molecule has 0 N–H and O–H groups in total. The summed E-state index contributed by atoms with van der Waals surface area (Å²) in [6.45, 7) is 1.17. The molecule has 2 aliphatic heterocycles. The minimum atomic E-state index is -3.36. The first-order chi connectivity index (χ1) is 13.8. The van der Waals surface area contributed by atoms with E-state index in [0.717, 1.165) is 6.26 Å². The normalized spacial score (nSPS) is 18.2. The molecule has 1 aromatic carbocycles. The van der Waals surface area contributed by atoms with Gasteiger partial charge in [-0.3, -0.25) is 4.79 Å². The summed E-state index contributed by atoms with van der Waals surface area (Å²) in [5.74, 6) is 0.836. The number of oxime groups is 1. The van der Waals surface area contributed by atoms with E-state index >= 15 is 0 Å². The Bertz CT molecular complexity index is 1030. The van der Waals surface area contributed by atoms with Crippen molar-refractivity contribution in [2.75, 3.05) is 19.3 Å². The molecule has 2 aromatic rings. The van der Waals surface area contributed by atoms with Crippen LogP contribution in [-0.2, 0) is 14.7 Å². The Balaban J connectivity index is 1.33. The second-order valence-electron chi connectivity index (χ2n) is 7.30. The Morgan fingerprint density at radius 2 is 1.86 bits per heavy atom. The molecule has 2 aliphatic rings. The smallest absolute Gasteiger partial charge is 0.253 e. The number of nitrogens with zero attached hydrogens (tertiary/aromatic N) is 3. The van der Waals surface area contributed by atoms with E-state index in [1.165, 1.54) is 18.3 Å². The molecule has 0 saturated carbocycles. The molecule has 1 aromatic heterocycles. The molecule has 0 aliphatic carbocycles. The summed E-state index contributed by atoms with van der Waals surface area (Å²) >= 11 is 0. The van der Waals surface area contributed by atoms with Gasteiger partial charge in [0.2, 0.25) is 5.90 Å². The van der Waals surface area contributed by atoms with Crippen molar-refractivity contribution < 1.29 is 22.8 Å². The van der Waals surface area contributed by atoms with Gasteiger partial charge >= 0.3 is 0 Å². The molecule has 1 amide bonds. The van der Waals surface area contributed by atoms with Crippen LogP contribution in [0.4, 0.5) is 0 Å². The van der Waals surface area contributed by atoms with Crippen LogP contribution in [0.1, 0.15) is 29.6 Å². The fraction of sp³-hybridized carbons (Fsp3) is 0.350. The van der Waals surface area contributed by atoms with Gasteiger partial charge in [-0.1, -0.05) is 23.4 Å². The van der Waals surface area contributed by atoms with E-state index in [1.807, 2.05) is 35.2 Å². The molecule has 9 heteroatoms. The van der Waals surface area contributed by atoms with Gasteiger partial charge in [0.05, 0.1) is 12.6 Å². The van der Waals surface area contributed by atoms with Gasteiger partial charge in [-0.2, -0.15) is 0 Å². The lowest BCUT2D eigenvalue weighted by atomic mass is 9.88. The zero-order valence-electron chi connectivity index (χ0n) is 15.9. The number of rotatable bonds is 3. The number of benzene rings is 1. The number of pyridine rings is 1. The maximum absolute atomic E-state index is 12.6. The SMILES string of the molecule is CS(=O)(=O)c1ccc(OC2=NOC3(CCN(C(=O)c4ccccc4)CC3)C2)cn1. The quantitative estimate of drug-likeness (QED) is 0.763. The number of likely N-dealkylation sites (tertiary alicyclic amines) is 1. The van der Waals surface area contributed by atoms with Gasteiger partial charge in [-0.05, 0) is 24.3 Å². The van der Waals surface area contributed by atoms with Crippen molar-refractivity contribution in [3.63, 3.8) is 0 Å². The molecule has 152 valence electrons. The number of sulfone groups is 1. The zero-order chi connectivity index (χ0) is 20.5. The molecule has 1 fully saturated rings. The van der Waals surface area contributed by atoms with Crippen molar-refractivity contribution in [3.8, 4) is 5.75 Å². The standard InChI is InChI=1S/C20H21N3O5S/c1-29(25,26)18-8-7-16(14-21-18)27-17-13-20(28-22-17)9-11-23(12-10-20)19(24)15-5-3-2-4-6-15/h2-8,14H,9-13H2,1H3. The largest absolute Gasteiger partial charge is 0.438 e. The van der Waals surface area contributed by atoms with Crippen molar-refractivity contribution in [2.45, 2.75) is 29.9 Å². The number of amides is 1. The third-order valence-corrected chi connectivity index (χ3v) is 6.12. The van der Waals surface area contributed by atoms with E-state index in [9.17, 15) is 13.2 Å². The third kappa shape index (κ3) is 4.24. The van der Waals surface area contributed by atoms with Crippen LogP contribution >= 0.6 is 0 Å². The van der Waals surface area contributed by atoms with Gasteiger partial charge < -0.3 is 14.5 Å². The van der Waals surface area contributed by atoms with E-state index in [0.29, 0.717) is 49.6 Å². The monoisotopic (exact) mass is 415 g/mol. The zero-order valence-corrected chi connectivity index (χ0v) is 16.8. The van der Waals surface area contributed by atoms with Crippen LogP contribution in [-0.4, -0.2) is 55.1 Å². The molecular formula is C20H21N3O5S. The van der Waals surface area contributed by atoms with Crippen molar-refractivity contribution >= 4 is 21.6 Å². The van der Waals surface area contributed by atoms with Crippen molar-refractivity contribution in [1.29, 1.82) is 0 Å². The molecule has 4 rings (SSSR count). The van der Waals surface area contributed by atoms with Crippen molar-refractivity contribution in [1.82, 2.24) is 9.88 Å². The summed E-state index contributed by atoms with van der Waals surface area (Å²) in [5, 5.41) is 4.04. The Morgan fingerprint density at radius 3 is 2.48 bits per heavy atom. The summed E-state index contributed by atoms with van der Waals surface area (Å²) in [5.41, 5.74) is 0.212. The lowest BCUT2D eigenvalue weighted by molar-refractivity contribution is -0.0568. The van der Waals surface area contributed by atoms with E-state index < -0.39 is 15.4 Å². The first-order valence-electron chi connectivity index (χ1n) is 9.28. The summed E-state index contributed by atoms with van der Waals surface area (Å²) < 4.78 is 28.7. The van der Waals surface area contributed by atoms with Crippen LogP contribution in [0.2, 0.25) is 0 Å². The Kier molecular flexibility index (Phi) is 4.99. The van der Waals surface area contributed by atoms with Gasteiger partial charge in [-0.15, -0.1) is 0 Å². The van der Waals surface area contributed by atoms with Gasteiger partial charge in [0.15, 0.2) is 14.9 Å². The van der Waals surface area contributed by atoms with E-state index in [2.05, 4.69) is 10.1 Å². The molecule has 0 bridgehead atoms.